The molecule has 0 unspecified atom stereocenters. The molecule has 184 valence electrons. The van der Waals surface area contributed by atoms with Gasteiger partial charge in [0.15, 0.2) is 0 Å². The van der Waals surface area contributed by atoms with E-state index in [0.29, 0.717) is 16.9 Å². The Labute approximate surface area is 198 Å². The Morgan fingerprint density at radius 2 is 1.94 bits per heavy atom. The molecule has 3 aromatic rings. The minimum Gasteiger partial charge on any atom is -0.376 e. The fraction of sp³-hybridized carbons (Fsp3) is 0.333. The van der Waals surface area contributed by atoms with Crippen LogP contribution in [0.5, 0.6) is 0 Å². The summed E-state index contributed by atoms with van der Waals surface area (Å²) in [5.74, 6) is -0.801. The summed E-state index contributed by atoms with van der Waals surface area (Å²) < 4.78 is 46.6. The number of rotatable bonds is 6. The van der Waals surface area contributed by atoms with Gasteiger partial charge < -0.3 is 10.1 Å². The summed E-state index contributed by atoms with van der Waals surface area (Å²) in [5.41, 5.74) is -2.15. The third kappa shape index (κ3) is 5.51. The molecule has 35 heavy (non-hydrogen) atoms. The van der Waals surface area contributed by atoms with Crippen LogP contribution in [0.2, 0.25) is 0 Å². The Morgan fingerprint density at radius 3 is 2.63 bits per heavy atom. The lowest BCUT2D eigenvalue weighted by Gasteiger charge is -2.14. The van der Waals surface area contributed by atoms with Gasteiger partial charge in [-0.15, -0.1) is 0 Å². The van der Waals surface area contributed by atoms with E-state index in [9.17, 15) is 27.6 Å². The highest BCUT2D eigenvalue weighted by Crippen LogP contribution is 2.29. The first kappa shape index (κ1) is 24.4. The number of aryl methyl sites for hydroxylation is 1. The van der Waals surface area contributed by atoms with Crippen LogP contribution in [-0.4, -0.2) is 39.5 Å². The monoisotopic (exact) mass is 488 g/mol. The Kier molecular flexibility index (Phi) is 6.88. The van der Waals surface area contributed by atoms with E-state index in [1.54, 1.807) is 31.2 Å². The average Bonchev–Trinajstić information content (AvgIpc) is 3.34. The highest BCUT2D eigenvalue weighted by Gasteiger charge is 2.30. The number of alkyl halides is 3. The van der Waals surface area contributed by atoms with Gasteiger partial charge in [-0.2, -0.15) is 23.0 Å². The first-order chi connectivity index (χ1) is 16.6. The third-order valence-electron chi connectivity index (χ3n) is 5.63. The quantitative estimate of drug-likeness (QED) is 0.576. The van der Waals surface area contributed by atoms with Gasteiger partial charge in [0.25, 0.3) is 11.5 Å². The van der Waals surface area contributed by atoms with Gasteiger partial charge in [-0.1, -0.05) is 24.3 Å². The second-order valence-corrected chi connectivity index (χ2v) is 8.32. The van der Waals surface area contributed by atoms with E-state index in [4.69, 9.17) is 4.74 Å². The lowest BCUT2D eigenvalue weighted by atomic mass is 10.1. The summed E-state index contributed by atoms with van der Waals surface area (Å²) in [6.07, 6.45) is -3.15. The number of ether oxygens (including phenoxy) is 1. The van der Waals surface area contributed by atoms with Crippen LogP contribution < -0.4 is 16.6 Å². The van der Waals surface area contributed by atoms with Gasteiger partial charge in [0.2, 0.25) is 5.69 Å². The zero-order valence-electron chi connectivity index (χ0n) is 18.8. The topological polar surface area (TPSA) is 95.2 Å². The van der Waals surface area contributed by atoms with Crippen LogP contribution in [0.1, 0.15) is 40.0 Å². The summed E-state index contributed by atoms with van der Waals surface area (Å²) in [4.78, 5) is 39.2. The van der Waals surface area contributed by atoms with E-state index < -0.39 is 41.1 Å². The Bertz CT molecular complexity index is 1360. The van der Waals surface area contributed by atoms with Crippen molar-refractivity contribution in [3.05, 3.63) is 91.8 Å². The molecule has 4 rings (SSSR count). The Morgan fingerprint density at radius 1 is 1.17 bits per heavy atom. The maximum atomic E-state index is 13.2. The summed E-state index contributed by atoms with van der Waals surface area (Å²) >= 11 is 0. The van der Waals surface area contributed by atoms with E-state index in [-0.39, 0.29) is 18.2 Å². The van der Waals surface area contributed by atoms with Crippen LogP contribution in [0.25, 0.3) is 5.69 Å². The lowest BCUT2D eigenvalue weighted by molar-refractivity contribution is -0.137. The average molecular weight is 488 g/mol. The maximum absolute atomic E-state index is 13.2. The van der Waals surface area contributed by atoms with Crippen LogP contribution >= 0.6 is 0 Å². The molecule has 11 heteroatoms. The fourth-order valence-corrected chi connectivity index (χ4v) is 3.85. The van der Waals surface area contributed by atoms with Gasteiger partial charge >= 0.3 is 11.9 Å². The molecular formula is C24H23F3N4O4. The zero-order chi connectivity index (χ0) is 25.2. The predicted octanol–water partition coefficient (Wildman–Crippen LogP) is 2.68. The molecular weight excluding hydrogens is 465 g/mol. The summed E-state index contributed by atoms with van der Waals surface area (Å²) in [6.45, 7) is 2.07. The lowest BCUT2D eigenvalue weighted by Crippen LogP contribution is -2.46. The molecule has 1 amide bonds. The number of nitrogens with one attached hydrogen (secondary N) is 1. The first-order valence-electron chi connectivity index (χ1n) is 11.0. The first-order valence-corrected chi connectivity index (χ1v) is 11.0. The molecule has 1 aromatic heterocycles. The van der Waals surface area contributed by atoms with E-state index in [1.807, 2.05) is 0 Å². The maximum Gasteiger partial charge on any atom is 0.416 e. The van der Waals surface area contributed by atoms with Crippen molar-refractivity contribution in [2.45, 2.75) is 38.6 Å². The molecule has 0 spiro atoms. The van der Waals surface area contributed by atoms with E-state index >= 15 is 0 Å². The Hall–Kier alpha value is -3.73. The smallest absolute Gasteiger partial charge is 0.376 e. The number of carbonyl (C=O) groups is 1. The van der Waals surface area contributed by atoms with Crippen molar-refractivity contribution in [1.82, 2.24) is 19.7 Å². The molecule has 1 saturated heterocycles. The number of halogens is 3. The summed E-state index contributed by atoms with van der Waals surface area (Å²) in [6, 6.07) is 11.0. The number of aromatic nitrogens is 3. The molecule has 1 atom stereocenters. The standard InChI is InChI=1S/C24H23F3N4O4/c1-15-5-2-8-18(11-15)31-23(34)30(14-16-6-3-7-17(12-16)24(25,26)27)22(33)20(29-31)21(32)28-13-19-9-4-10-35-19/h2-3,5-8,11-12,19H,4,9-10,13-14H2,1H3,(H,28,32)/t19-/m1/s1. The minimum absolute atomic E-state index is 0.0757. The molecule has 1 N–H and O–H groups in total. The minimum atomic E-state index is -4.59. The Balaban J connectivity index is 1.78. The molecule has 2 aromatic carbocycles. The van der Waals surface area contributed by atoms with Crippen molar-refractivity contribution in [3.8, 4) is 5.69 Å². The van der Waals surface area contributed by atoms with Crippen LogP contribution in [0.4, 0.5) is 13.2 Å². The highest BCUT2D eigenvalue weighted by molar-refractivity contribution is 5.91. The van der Waals surface area contributed by atoms with Crippen LogP contribution in [0.3, 0.4) is 0 Å². The molecule has 1 aliphatic rings. The zero-order valence-corrected chi connectivity index (χ0v) is 18.8. The van der Waals surface area contributed by atoms with E-state index in [1.165, 1.54) is 12.1 Å². The van der Waals surface area contributed by atoms with Gasteiger partial charge in [-0.25, -0.2) is 4.79 Å². The predicted molar refractivity (Wildman–Crippen MR) is 121 cm³/mol. The highest BCUT2D eigenvalue weighted by atomic mass is 19.4. The van der Waals surface area contributed by atoms with Gasteiger partial charge in [0, 0.05) is 13.2 Å². The number of nitrogens with zero attached hydrogens (tertiary/aromatic N) is 3. The van der Waals surface area contributed by atoms with E-state index in [2.05, 4.69) is 10.4 Å². The molecule has 0 saturated carbocycles. The van der Waals surface area contributed by atoms with Crippen molar-refractivity contribution in [3.63, 3.8) is 0 Å². The van der Waals surface area contributed by atoms with Crippen molar-refractivity contribution < 1.29 is 22.7 Å². The van der Waals surface area contributed by atoms with Gasteiger partial charge in [-0.05, 0) is 55.2 Å². The van der Waals surface area contributed by atoms with Crippen LogP contribution in [0, 0.1) is 6.92 Å². The molecule has 0 bridgehead atoms. The van der Waals surface area contributed by atoms with Crippen molar-refractivity contribution in [2.75, 3.05) is 13.2 Å². The molecule has 0 aliphatic carbocycles. The third-order valence-corrected chi connectivity index (χ3v) is 5.63. The summed E-state index contributed by atoms with van der Waals surface area (Å²) in [5, 5.41) is 6.63. The fourth-order valence-electron chi connectivity index (χ4n) is 3.85. The second-order valence-electron chi connectivity index (χ2n) is 8.32. The van der Waals surface area contributed by atoms with Gasteiger partial charge in [0.1, 0.15) is 0 Å². The van der Waals surface area contributed by atoms with Crippen molar-refractivity contribution >= 4 is 5.91 Å². The number of hydrogen-bond acceptors (Lipinski definition) is 5. The number of carbonyl (C=O) groups excluding carboxylic acids is 1. The molecule has 1 fully saturated rings. The SMILES string of the molecule is Cc1cccc(-n2nc(C(=O)NC[C@H]3CCCO3)c(=O)n(Cc3cccc(C(F)(F)F)c3)c2=O)c1. The van der Waals surface area contributed by atoms with E-state index in [0.717, 1.165) is 35.2 Å². The van der Waals surface area contributed by atoms with Crippen LogP contribution in [0.15, 0.2) is 58.1 Å². The largest absolute Gasteiger partial charge is 0.416 e. The molecule has 2 heterocycles. The molecule has 8 nitrogen and oxygen atoms in total. The van der Waals surface area contributed by atoms with Gasteiger partial charge in [-0.3, -0.25) is 14.2 Å². The van der Waals surface area contributed by atoms with Gasteiger partial charge in [0.05, 0.1) is 23.9 Å². The number of amides is 1. The van der Waals surface area contributed by atoms with Crippen molar-refractivity contribution in [2.24, 2.45) is 0 Å². The van der Waals surface area contributed by atoms with Crippen LogP contribution in [-0.2, 0) is 17.5 Å². The molecule has 1 aliphatic heterocycles. The number of hydrogen-bond donors (Lipinski definition) is 1. The molecule has 0 radical (unpaired) electrons. The normalized spacial score (nSPS) is 15.8. The number of benzene rings is 2. The summed E-state index contributed by atoms with van der Waals surface area (Å²) in [7, 11) is 0. The second kappa shape index (κ2) is 9.87. The van der Waals surface area contributed by atoms with Crippen molar-refractivity contribution in [1.29, 1.82) is 0 Å².